The molecular weight excluding hydrogens is 300 g/mol. The van der Waals surface area contributed by atoms with Crippen LogP contribution in [-0.4, -0.2) is 5.91 Å². The third kappa shape index (κ3) is 4.33. The van der Waals surface area contributed by atoms with E-state index in [0.29, 0.717) is 4.88 Å². The molecule has 0 bridgehead atoms. The molecular formula is C16H20N2OS2. The van der Waals surface area contributed by atoms with Crippen LogP contribution in [0.2, 0.25) is 0 Å². The minimum Gasteiger partial charge on any atom is -0.289 e. The van der Waals surface area contributed by atoms with E-state index in [9.17, 15) is 4.79 Å². The lowest BCUT2D eigenvalue weighted by Gasteiger charge is -2.05. The lowest BCUT2D eigenvalue weighted by molar-refractivity contribution is 0.0957. The van der Waals surface area contributed by atoms with Gasteiger partial charge in [0.1, 0.15) is 0 Å². The maximum Gasteiger partial charge on any atom is 0.275 e. The van der Waals surface area contributed by atoms with Crippen molar-refractivity contribution in [2.45, 2.75) is 32.3 Å². The SMILES string of the molecule is Cc1cc(C)cc(CSCc2cc(C(=O)NN)sc2C)c1. The van der Waals surface area contributed by atoms with Gasteiger partial charge < -0.3 is 0 Å². The second kappa shape index (κ2) is 7.11. The fourth-order valence-corrected chi connectivity index (χ4v) is 4.34. The van der Waals surface area contributed by atoms with E-state index in [1.54, 1.807) is 0 Å². The zero-order valence-corrected chi connectivity index (χ0v) is 14.2. The van der Waals surface area contributed by atoms with Crippen molar-refractivity contribution in [1.82, 2.24) is 5.43 Å². The third-order valence-electron chi connectivity index (χ3n) is 3.18. The number of thioether (sulfide) groups is 1. The summed E-state index contributed by atoms with van der Waals surface area (Å²) in [6.45, 7) is 6.30. The van der Waals surface area contributed by atoms with E-state index >= 15 is 0 Å². The van der Waals surface area contributed by atoms with Crippen LogP contribution in [0, 0.1) is 20.8 Å². The van der Waals surface area contributed by atoms with Gasteiger partial charge in [-0.2, -0.15) is 11.8 Å². The molecule has 1 heterocycles. The highest BCUT2D eigenvalue weighted by molar-refractivity contribution is 7.97. The van der Waals surface area contributed by atoms with Crippen molar-refractivity contribution >= 4 is 29.0 Å². The number of nitrogens with two attached hydrogens (primary N) is 1. The van der Waals surface area contributed by atoms with Crippen LogP contribution in [0.4, 0.5) is 0 Å². The Hall–Kier alpha value is -1.30. The number of rotatable bonds is 5. The first-order chi connectivity index (χ1) is 9.99. The Bertz CT molecular complexity index is 629. The van der Waals surface area contributed by atoms with Crippen LogP contribution in [0.3, 0.4) is 0 Å². The molecule has 3 N–H and O–H groups in total. The quantitative estimate of drug-likeness (QED) is 0.501. The predicted molar refractivity (Wildman–Crippen MR) is 91.6 cm³/mol. The Balaban J connectivity index is 1.97. The number of hydrogen-bond acceptors (Lipinski definition) is 4. The van der Waals surface area contributed by atoms with Crippen molar-refractivity contribution in [1.29, 1.82) is 0 Å². The average molecular weight is 320 g/mol. The summed E-state index contributed by atoms with van der Waals surface area (Å²) in [4.78, 5) is 13.4. The third-order valence-corrected chi connectivity index (χ3v) is 5.33. The van der Waals surface area contributed by atoms with Crippen molar-refractivity contribution in [3.05, 3.63) is 56.3 Å². The number of carbonyl (C=O) groups excluding carboxylic acids is 1. The molecule has 1 amide bonds. The molecule has 0 saturated heterocycles. The van der Waals surface area contributed by atoms with Gasteiger partial charge in [0, 0.05) is 16.4 Å². The van der Waals surface area contributed by atoms with Crippen molar-refractivity contribution < 1.29 is 4.79 Å². The van der Waals surface area contributed by atoms with Crippen molar-refractivity contribution in [3.63, 3.8) is 0 Å². The first-order valence-electron chi connectivity index (χ1n) is 6.74. The molecule has 2 aromatic rings. The number of nitrogen functional groups attached to an aromatic ring is 1. The predicted octanol–water partition coefficient (Wildman–Crippen LogP) is 3.71. The first kappa shape index (κ1) is 16.1. The summed E-state index contributed by atoms with van der Waals surface area (Å²) in [5, 5.41) is 0. The zero-order valence-electron chi connectivity index (χ0n) is 12.5. The Morgan fingerprint density at radius 3 is 2.43 bits per heavy atom. The topological polar surface area (TPSA) is 55.1 Å². The van der Waals surface area contributed by atoms with Gasteiger partial charge in [-0.3, -0.25) is 10.2 Å². The number of hydrazine groups is 1. The monoisotopic (exact) mass is 320 g/mol. The fraction of sp³-hybridized carbons (Fsp3) is 0.312. The van der Waals surface area contributed by atoms with Crippen LogP contribution < -0.4 is 11.3 Å². The summed E-state index contributed by atoms with van der Waals surface area (Å²) >= 11 is 3.36. The number of amides is 1. The van der Waals surface area contributed by atoms with Gasteiger partial charge in [0.15, 0.2) is 0 Å². The Kier molecular flexibility index (Phi) is 5.45. The number of thiophene rings is 1. The van der Waals surface area contributed by atoms with Gasteiger partial charge in [-0.1, -0.05) is 29.3 Å². The van der Waals surface area contributed by atoms with E-state index in [1.165, 1.54) is 38.5 Å². The number of carbonyl (C=O) groups is 1. The molecule has 0 aliphatic heterocycles. The minimum absolute atomic E-state index is 0.214. The number of nitrogens with one attached hydrogen (secondary N) is 1. The van der Waals surface area contributed by atoms with Crippen LogP contribution in [0.15, 0.2) is 24.3 Å². The van der Waals surface area contributed by atoms with Crippen LogP contribution in [0.25, 0.3) is 0 Å². The van der Waals surface area contributed by atoms with Gasteiger partial charge in [0.2, 0.25) is 0 Å². The molecule has 0 fully saturated rings. The minimum atomic E-state index is -0.214. The molecule has 0 saturated carbocycles. The summed E-state index contributed by atoms with van der Waals surface area (Å²) < 4.78 is 0. The van der Waals surface area contributed by atoms with E-state index in [4.69, 9.17) is 5.84 Å². The smallest absolute Gasteiger partial charge is 0.275 e. The summed E-state index contributed by atoms with van der Waals surface area (Å²) in [5.41, 5.74) is 7.36. The molecule has 5 heteroatoms. The average Bonchev–Trinajstić information content (AvgIpc) is 2.78. The van der Waals surface area contributed by atoms with Crippen LogP contribution in [0.1, 0.15) is 36.8 Å². The van der Waals surface area contributed by atoms with E-state index in [2.05, 4.69) is 37.5 Å². The van der Waals surface area contributed by atoms with Gasteiger partial charge in [0.25, 0.3) is 5.91 Å². The molecule has 112 valence electrons. The molecule has 1 aromatic carbocycles. The van der Waals surface area contributed by atoms with E-state index in [-0.39, 0.29) is 5.91 Å². The van der Waals surface area contributed by atoms with Crippen LogP contribution in [-0.2, 0) is 11.5 Å². The van der Waals surface area contributed by atoms with Gasteiger partial charge in [-0.05, 0) is 38.0 Å². The van der Waals surface area contributed by atoms with Crippen molar-refractivity contribution in [2.75, 3.05) is 0 Å². The standard InChI is InChI=1S/C16H20N2OS2/c1-10-4-11(2)6-13(5-10)8-20-9-14-7-15(16(19)18-17)21-12(14)3/h4-7H,8-9,17H2,1-3H3,(H,18,19). The lowest BCUT2D eigenvalue weighted by Crippen LogP contribution is -2.29. The first-order valence-corrected chi connectivity index (χ1v) is 8.72. The molecule has 0 radical (unpaired) electrons. The molecule has 2 rings (SSSR count). The van der Waals surface area contributed by atoms with Gasteiger partial charge in [0.05, 0.1) is 4.88 Å². The molecule has 3 nitrogen and oxygen atoms in total. The highest BCUT2D eigenvalue weighted by atomic mass is 32.2. The molecule has 0 unspecified atom stereocenters. The highest BCUT2D eigenvalue weighted by Gasteiger charge is 2.11. The summed E-state index contributed by atoms with van der Waals surface area (Å²) in [7, 11) is 0. The molecule has 0 spiro atoms. The molecule has 0 atom stereocenters. The van der Waals surface area contributed by atoms with Crippen LogP contribution in [0.5, 0.6) is 0 Å². The Labute approximate surface area is 133 Å². The van der Waals surface area contributed by atoms with E-state index in [0.717, 1.165) is 11.5 Å². The van der Waals surface area contributed by atoms with Gasteiger partial charge in [-0.25, -0.2) is 5.84 Å². The molecule has 0 aliphatic carbocycles. The summed E-state index contributed by atoms with van der Waals surface area (Å²) in [6, 6.07) is 8.59. The Morgan fingerprint density at radius 1 is 1.14 bits per heavy atom. The van der Waals surface area contributed by atoms with Crippen LogP contribution >= 0.6 is 23.1 Å². The molecule has 1 aromatic heterocycles. The zero-order chi connectivity index (χ0) is 15.4. The highest BCUT2D eigenvalue weighted by Crippen LogP contribution is 2.27. The second-order valence-corrected chi connectivity index (χ2v) is 7.40. The summed E-state index contributed by atoms with van der Waals surface area (Å²) in [6.07, 6.45) is 0. The number of benzene rings is 1. The number of aryl methyl sites for hydroxylation is 3. The lowest BCUT2D eigenvalue weighted by atomic mass is 10.1. The maximum absolute atomic E-state index is 11.5. The number of hydrogen-bond donors (Lipinski definition) is 2. The molecule has 0 aliphatic rings. The maximum atomic E-state index is 11.5. The van der Waals surface area contributed by atoms with Gasteiger partial charge in [-0.15, -0.1) is 11.3 Å². The van der Waals surface area contributed by atoms with E-state index < -0.39 is 0 Å². The van der Waals surface area contributed by atoms with Gasteiger partial charge >= 0.3 is 0 Å². The van der Waals surface area contributed by atoms with Crippen molar-refractivity contribution in [2.24, 2.45) is 5.84 Å². The largest absolute Gasteiger partial charge is 0.289 e. The molecule has 21 heavy (non-hydrogen) atoms. The summed E-state index contributed by atoms with van der Waals surface area (Å²) in [5.74, 6) is 6.85. The fourth-order valence-electron chi connectivity index (χ4n) is 2.28. The Morgan fingerprint density at radius 2 is 1.81 bits per heavy atom. The second-order valence-electron chi connectivity index (χ2n) is 5.15. The van der Waals surface area contributed by atoms with E-state index in [1.807, 2.05) is 24.8 Å². The van der Waals surface area contributed by atoms with Crippen molar-refractivity contribution in [3.8, 4) is 0 Å². The normalized spacial score (nSPS) is 10.7.